The molecule has 0 saturated carbocycles. The van der Waals surface area contributed by atoms with Gasteiger partial charge in [0.25, 0.3) is 0 Å². The smallest absolute Gasteiger partial charge is 0.242 e. The second-order valence-electron chi connectivity index (χ2n) is 6.45. The first-order valence-corrected chi connectivity index (χ1v) is 8.94. The first kappa shape index (κ1) is 18.0. The van der Waals surface area contributed by atoms with Gasteiger partial charge in [0.2, 0.25) is 11.8 Å². The van der Waals surface area contributed by atoms with E-state index in [-0.39, 0.29) is 17.9 Å². The molecule has 5 nitrogen and oxygen atoms in total. The average Bonchev–Trinajstić information content (AvgIpc) is 3.11. The molecular weight excluding hydrogens is 328 g/mol. The molecule has 2 atom stereocenters. The van der Waals surface area contributed by atoms with E-state index in [0.29, 0.717) is 25.8 Å². The number of likely N-dealkylation sites (tertiary alicyclic amines) is 1. The van der Waals surface area contributed by atoms with Crippen LogP contribution in [-0.4, -0.2) is 42.5 Å². The molecule has 5 heteroatoms. The number of para-hydroxylation sites is 1. The molecule has 0 bridgehead atoms. The number of benzene rings is 2. The molecule has 1 heterocycles. The van der Waals surface area contributed by atoms with Crippen molar-refractivity contribution < 1.29 is 14.3 Å². The van der Waals surface area contributed by atoms with Crippen LogP contribution in [0.1, 0.15) is 18.4 Å². The van der Waals surface area contributed by atoms with Gasteiger partial charge >= 0.3 is 0 Å². The summed E-state index contributed by atoms with van der Waals surface area (Å²) in [4.78, 5) is 26.6. The SMILES string of the molecule is CNC(=O)[C@@H]1C[C@H](Oc2ccccc2)CN1C(=O)CCc1ccccc1. The van der Waals surface area contributed by atoms with Gasteiger partial charge in [-0.2, -0.15) is 0 Å². The maximum absolute atomic E-state index is 12.7. The molecule has 0 spiro atoms. The van der Waals surface area contributed by atoms with Gasteiger partial charge in [0, 0.05) is 19.9 Å². The topological polar surface area (TPSA) is 58.6 Å². The van der Waals surface area contributed by atoms with E-state index in [1.54, 1.807) is 11.9 Å². The Morgan fingerprint density at radius 3 is 2.38 bits per heavy atom. The second kappa shape index (κ2) is 8.52. The maximum Gasteiger partial charge on any atom is 0.242 e. The summed E-state index contributed by atoms with van der Waals surface area (Å²) < 4.78 is 5.97. The summed E-state index contributed by atoms with van der Waals surface area (Å²) in [6.45, 7) is 0.431. The summed E-state index contributed by atoms with van der Waals surface area (Å²) in [5.74, 6) is 0.602. The van der Waals surface area contributed by atoms with E-state index in [2.05, 4.69) is 5.32 Å². The fraction of sp³-hybridized carbons (Fsp3) is 0.333. The van der Waals surface area contributed by atoms with Crippen molar-refractivity contribution in [3.8, 4) is 5.75 Å². The lowest BCUT2D eigenvalue weighted by molar-refractivity contribution is -0.138. The van der Waals surface area contributed by atoms with E-state index in [0.717, 1.165) is 11.3 Å². The molecule has 1 saturated heterocycles. The van der Waals surface area contributed by atoms with Crippen molar-refractivity contribution >= 4 is 11.8 Å². The third kappa shape index (κ3) is 4.42. The minimum atomic E-state index is -0.475. The standard InChI is InChI=1S/C21H24N2O3/c1-22-21(25)19-14-18(26-17-10-6-3-7-11-17)15-23(19)20(24)13-12-16-8-4-2-5-9-16/h2-11,18-19H,12-15H2,1H3,(H,22,25)/t18-,19-/m0/s1. The predicted octanol–water partition coefficient (Wildman–Crippen LogP) is 2.41. The number of ether oxygens (including phenoxy) is 1. The second-order valence-corrected chi connectivity index (χ2v) is 6.45. The van der Waals surface area contributed by atoms with Crippen LogP contribution in [0.2, 0.25) is 0 Å². The summed E-state index contributed by atoms with van der Waals surface area (Å²) in [5.41, 5.74) is 1.12. The monoisotopic (exact) mass is 352 g/mol. The number of nitrogens with zero attached hydrogens (tertiary/aromatic N) is 1. The van der Waals surface area contributed by atoms with Crippen LogP contribution in [0.4, 0.5) is 0 Å². The zero-order valence-corrected chi connectivity index (χ0v) is 14.9. The number of likely N-dealkylation sites (N-methyl/N-ethyl adjacent to an activating group) is 1. The van der Waals surface area contributed by atoms with Crippen molar-refractivity contribution in [1.29, 1.82) is 0 Å². The largest absolute Gasteiger partial charge is 0.488 e. The maximum atomic E-state index is 12.7. The average molecular weight is 352 g/mol. The molecule has 1 fully saturated rings. The molecule has 1 aliphatic heterocycles. The summed E-state index contributed by atoms with van der Waals surface area (Å²) in [6, 6.07) is 18.9. The normalized spacial score (nSPS) is 19.2. The Kier molecular flexibility index (Phi) is 5.89. The molecule has 2 aromatic rings. The van der Waals surface area contributed by atoms with E-state index in [4.69, 9.17) is 4.74 Å². The highest BCUT2D eigenvalue weighted by molar-refractivity contribution is 5.88. The van der Waals surface area contributed by atoms with Crippen LogP contribution in [-0.2, 0) is 16.0 Å². The van der Waals surface area contributed by atoms with Gasteiger partial charge < -0.3 is 15.0 Å². The Balaban J connectivity index is 1.64. The summed E-state index contributed by atoms with van der Waals surface area (Å²) >= 11 is 0. The lowest BCUT2D eigenvalue weighted by Gasteiger charge is -2.23. The van der Waals surface area contributed by atoms with Crippen LogP contribution in [0.5, 0.6) is 5.75 Å². The Bertz CT molecular complexity index is 733. The molecule has 2 aromatic carbocycles. The quantitative estimate of drug-likeness (QED) is 0.869. The van der Waals surface area contributed by atoms with Gasteiger partial charge in [-0.15, -0.1) is 0 Å². The zero-order chi connectivity index (χ0) is 18.4. The lowest BCUT2D eigenvalue weighted by Crippen LogP contribution is -2.45. The molecule has 0 unspecified atom stereocenters. The van der Waals surface area contributed by atoms with E-state index < -0.39 is 6.04 Å². The van der Waals surface area contributed by atoms with E-state index >= 15 is 0 Å². The molecule has 1 N–H and O–H groups in total. The number of rotatable bonds is 6. The van der Waals surface area contributed by atoms with Crippen molar-refractivity contribution in [2.75, 3.05) is 13.6 Å². The van der Waals surface area contributed by atoms with Gasteiger partial charge in [-0.3, -0.25) is 9.59 Å². The van der Waals surface area contributed by atoms with E-state index in [9.17, 15) is 9.59 Å². The number of nitrogens with one attached hydrogen (secondary N) is 1. The number of amides is 2. The Morgan fingerprint density at radius 1 is 1.08 bits per heavy atom. The van der Waals surface area contributed by atoms with E-state index in [1.807, 2.05) is 60.7 Å². The molecule has 1 aliphatic rings. The highest BCUT2D eigenvalue weighted by Crippen LogP contribution is 2.24. The Labute approximate surface area is 154 Å². The van der Waals surface area contributed by atoms with Crippen molar-refractivity contribution in [2.24, 2.45) is 0 Å². The van der Waals surface area contributed by atoms with Crippen LogP contribution in [0.15, 0.2) is 60.7 Å². The Morgan fingerprint density at radius 2 is 1.73 bits per heavy atom. The summed E-state index contributed by atoms with van der Waals surface area (Å²) in [6.07, 6.45) is 1.38. The highest BCUT2D eigenvalue weighted by Gasteiger charge is 2.40. The number of hydrogen-bond acceptors (Lipinski definition) is 3. The summed E-state index contributed by atoms with van der Waals surface area (Å²) in [7, 11) is 1.60. The lowest BCUT2D eigenvalue weighted by atomic mass is 10.1. The van der Waals surface area contributed by atoms with Gasteiger partial charge in [0.15, 0.2) is 0 Å². The van der Waals surface area contributed by atoms with Crippen LogP contribution in [0.3, 0.4) is 0 Å². The molecule has 0 aliphatic carbocycles. The number of carbonyl (C=O) groups excluding carboxylic acids is 2. The van der Waals surface area contributed by atoms with Crippen LogP contribution in [0, 0.1) is 0 Å². The molecule has 3 rings (SSSR count). The molecule has 2 amide bonds. The first-order valence-electron chi connectivity index (χ1n) is 8.94. The fourth-order valence-electron chi connectivity index (χ4n) is 3.30. The molecule has 136 valence electrons. The number of aryl methyl sites for hydroxylation is 1. The molecular formula is C21H24N2O3. The number of hydrogen-bond donors (Lipinski definition) is 1. The zero-order valence-electron chi connectivity index (χ0n) is 14.9. The highest BCUT2D eigenvalue weighted by atomic mass is 16.5. The van der Waals surface area contributed by atoms with Crippen molar-refractivity contribution in [2.45, 2.75) is 31.4 Å². The summed E-state index contributed by atoms with van der Waals surface area (Å²) in [5, 5.41) is 2.66. The van der Waals surface area contributed by atoms with Gasteiger partial charge in [0.1, 0.15) is 17.9 Å². The Hall–Kier alpha value is -2.82. The van der Waals surface area contributed by atoms with Crippen LogP contribution < -0.4 is 10.1 Å². The van der Waals surface area contributed by atoms with Crippen molar-refractivity contribution in [3.05, 3.63) is 66.2 Å². The van der Waals surface area contributed by atoms with Gasteiger partial charge in [-0.1, -0.05) is 48.5 Å². The minimum Gasteiger partial charge on any atom is -0.488 e. The van der Waals surface area contributed by atoms with E-state index in [1.165, 1.54) is 0 Å². The number of carbonyl (C=O) groups is 2. The van der Waals surface area contributed by atoms with Gasteiger partial charge in [-0.25, -0.2) is 0 Å². The third-order valence-electron chi connectivity index (χ3n) is 4.65. The van der Waals surface area contributed by atoms with Crippen LogP contribution in [0.25, 0.3) is 0 Å². The van der Waals surface area contributed by atoms with Gasteiger partial charge in [0.05, 0.1) is 6.54 Å². The predicted molar refractivity (Wildman–Crippen MR) is 99.8 cm³/mol. The fourth-order valence-corrected chi connectivity index (χ4v) is 3.30. The molecule has 0 radical (unpaired) electrons. The molecule has 0 aromatic heterocycles. The first-order chi connectivity index (χ1) is 12.7. The minimum absolute atomic E-state index is 0.0124. The van der Waals surface area contributed by atoms with Gasteiger partial charge in [-0.05, 0) is 24.1 Å². The van der Waals surface area contributed by atoms with Crippen molar-refractivity contribution in [1.82, 2.24) is 10.2 Å². The van der Waals surface area contributed by atoms with Crippen molar-refractivity contribution in [3.63, 3.8) is 0 Å². The van der Waals surface area contributed by atoms with Crippen LogP contribution >= 0.6 is 0 Å². The third-order valence-corrected chi connectivity index (χ3v) is 4.65. The molecule has 26 heavy (non-hydrogen) atoms.